The van der Waals surface area contributed by atoms with Gasteiger partial charge >= 0.3 is 0 Å². The van der Waals surface area contributed by atoms with Crippen molar-refractivity contribution < 1.29 is 4.79 Å². The summed E-state index contributed by atoms with van der Waals surface area (Å²) in [6, 6.07) is 17.1. The second-order valence-corrected chi connectivity index (χ2v) is 6.45. The standard InChI is InChI=1S/C20H20BrN3O/c1-2-3-11-18(15-8-5-4-6-9-15)24-20(25)16(14-22)13-17-10-7-12-19(21)23-17/h4-10,12-13,18H,2-3,11H2,1H3,(H,24,25). The van der Waals surface area contributed by atoms with E-state index in [0.29, 0.717) is 10.3 Å². The summed E-state index contributed by atoms with van der Waals surface area (Å²) in [6.45, 7) is 2.11. The highest BCUT2D eigenvalue weighted by atomic mass is 79.9. The number of amides is 1. The van der Waals surface area contributed by atoms with E-state index in [1.165, 1.54) is 6.08 Å². The molecule has 0 aliphatic carbocycles. The molecule has 1 atom stereocenters. The van der Waals surface area contributed by atoms with Crippen molar-refractivity contribution in [1.82, 2.24) is 10.3 Å². The first-order valence-electron chi connectivity index (χ1n) is 8.24. The molecule has 1 aromatic carbocycles. The Morgan fingerprint density at radius 1 is 1.28 bits per heavy atom. The van der Waals surface area contributed by atoms with Crippen molar-refractivity contribution in [2.45, 2.75) is 32.2 Å². The smallest absolute Gasteiger partial charge is 0.262 e. The zero-order valence-corrected chi connectivity index (χ0v) is 15.7. The quantitative estimate of drug-likeness (QED) is 0.414. The second kappa shape index (κ2) is 9.75. The first-order valence-corrected chi connectivity index (χ1v) is 9.03. The van der Waals surface area contributed by atoms with Gasteiger partial charge in [-0.3, -0.25) is 4.79 Å². The summed E-state index contributed by atoms with van der Waals surface area (Å²) in [4.78, 5) is 16.8. The average molecular weight is 398 g/mol. The Bertz CT molecular complexity index is 781. The van der Waals surface area contributed by atoms with E-state index in [4.69, 9.17) is 0 Å². The van der Waals surface area contributed by atoms with E-state index in [1.54, 1.807) is 12.1 Å². The van der Waals surface area contributed by atoms with E-state index in [1.807, 2.05) is 42.5 Å². The third-order valence-corrected chi connectivity index (χ3v) is 4.19. The Kier molecular flexibility index (Phi) is 7.36. The van der Waals surface area contributed by atoms with Crippen LogP contribution in [-0.2, 0) is 4.79 Å². The molecule has 0 saturated carbocycles. The lowest BCUT2D eigenvalue weighted by Crippen LogP contribution is -2.29. The van der Waals surface area contributed by atoms with Crippen LogP contribution in [0, 0.1) is 11.3 Å². The fraction of sp³-hybridized carbons (Fsp3) is 0.250. The van der Waals surface area contributed by atoms with E-state index in [2.05, 4.69) is 33.2 Å². The number of carbonyl (C=O) groups is 1. The summed E-state index contributed by atoms with van der Waals surface area (Å²) in [6.07, 6.45) is 4.38. The van der Waals surface area contributed by atoms with Gasteiger partial charge < -0.3 is 5.32 Å². The van der Waals surface area contributed by atoms with Gasteiger partial charge in [-0.2, -0.15) is 5.26 Å². The van der Waals surface area contributed by atoms with Gasteiger partial charge in [-0.25, -0.2) is 4.98 Å². The number of hydrogen-bond donors (Lipinski definition) is 1. The Morgan fingerprint density at radius 3 is 2.68 bits per heavy atom. The minimum Gasteiger partial charge on any atom is -0.345 e. The molecule has 2 rings (SSSR count). The van der Waals surface area contributed by atoms with Gasteiger partial charge in [-0.1, -0.05) is 56.2 Å². The molecule has 1 aromatic heterocycles. The summed E-state index contributed by atoms with van der Waals surface area (Å²) < 4.78 is 0.657. The monoisotopic (exact) mass is 397 g/mol. The van der Waals surface area contributed by atoms with E-state index in [9.17, 15) is 10.1 Å². The summed E-state index contributed by atoms with van der Waals surface area (Å²) in [5.74, 6) is -0.380. The minimum atomic E-state index is -0.380. The van der Waals surface area contributed by atoms with Gasteiger partial charge in [-0.05, 0) is 46.1 Å². The Hall–Kier alpha value is -2.45. The predicted molar refractivity (Wildman–Crippen MR) is 102 cm³/mol. The van der Waals surface area contributed by atoms with Crippen molar-refractivity contribution in [2.24, 2.45) is 0 Å². The number of halogens is 1. The van der Waals surface area contributed by atoms with Gasteiger partial charge in [0.15, 0.2) is 0 Å². The van der Waals surface area contributed by atoms with Crippen LogP contribution < -0.4 is 5.32 Å². The molecule has 128 valence electrons. The van der Waals surface area contributed by atoms with Crippen LogP contribution in [0.5, 0.6) is 0 Å². The largest absolute Gasteiger partial charge is 0.345 e. The molecule has 2 aromatic rings. The number of rotatable bonds is 7. The number of pyridine rings is 1. The number of carbonyl (C=O) groups excluding carboxylic acids is 1. The number of unbranched alkanes of at least 4 members (excludes halogenated alkanes) is 1. The summed E-state index contributed by atoms with van der Waals surface area (Å²) in [7, 11) is 0. The van der Waals surface area contributed by atoms with Crippen molar-refractivity contribution in [2.75, 3.05) is 0 Å². The highest BCUT2D eigenvalue weighted by Gasteiger charge is 2.17. The van der Waals surface area contributed by atoms with Crippen LogP contribution in [0.4, 0.5) is 0 Å². The lowest BCUT2D eigenvalue weighted by molar-refractivity contribution is -0.117. The van der Waals surface area contributed by atoms with Crippen molar-refractivity contribution in [3.05, 3.63) is 70.0 Å². The first-order chi connectivity index (χ1) is 12.1. The van der Waals surface area contributed by atoms with Crippen LogP contribution in [0.15, 0.2) is 58.7 Å². The molecule has 5 heteroatoms. The number of benzene rings is 1. The van der Waals surface area contributed by atoms with Crippen LogP contribution in [0.3, 0.4) is 0 Å². The molecule has 0 bridgehead atoms. The minimum absolute atomic E-state index is 0.0445. The maximum atomic E-state index is 12.6. The van der Waals surface area contributed by atoms with Gasteiger partial charge in [0.2, 0.25) is 0 Å². The van der Waals surface area contributed by atoms with Crippen LogP contribution in [0.2, 0.25) is 0 Å². The number of nitriles is 1. The summed E-state index contributed by atoms with van der Waals surface area (Å²) in [5.41, 5.74) is 1.65. The Morgan fingerprint density at radius 2 is 2.04 bits per heavy atom. The highest BCUT2D eigenvalue weighted by Crippen LogP contribution is 2.20. The molecule has 0 saturated heterocycles. The lowest BCUT2D eigenvalue weighted by atomic mass is 10.0. The van der Waals surface area contributed by atoms with Crippen LogP contribution in [-0.4, -0.2) is 10.9 Å². The molecule has 0 radical (unpaired) electrons. The fourth-order valence-electron chi connectivity index (χ4n) is 2.45. The summed E-state index contributed by atoms with van der Waals surface area (Å²) >= 11 is 3.29. The van der Waals surface area contributed by atoms with Crippen LogP contribution >= 0.6 is 15.9 Å². The highest BCUT2D eigenvalue weighted by molar-refractivity contribution is 9.10. The van der Waals surface area contributed by atoms with E-state index >= 15 is 0 Å². The molecular formula is C20H20BrN3O. The van der Waals surface area contributed by atoms with Gasteiger partial charge in [0, 0.05) is 0 Å². The SMILES string of the molecule is CCCCC(NC(=O)C(C#N)=Cc1cccc(Br)n1)c1ccccc1. The van der Waals surface area contributed by atoms with E-state index in [-0.39, 0.29) is 17.5 Å². The lowest BCUT2D eigenvalue weighted by Gasteiger charge is -2.19. The molecule has 1 unspecified atom stereocenters. The molecule has 0 aliphatic rings. The zero-order chi connectivity index (χ0) is 18.1. The molecule has 1 heterocycles. The van der Waals surface area contributed by atoms with Crippen molar-refractivity contribution in [3.8, 4) is 6.07 Å². The Balaban J connectivity index is 2.19. The van der Waals surface area contributed by atoms with Crippen molar-refractivity contribution in [1.29, 1.82) is 5.26 Å². The molecule has 4 nitrogen and oxygen atoms in total. The van der Waals surface area contributed by atoms with Crippen molar-refractivity contribution >= 4 is 27.9 Å². The average Bonchev–Trinajstić information content (AvgIpc) is 2.63. The fourth-order valence-corrected chi connectivity index (χ4v) is 2.81. The molecule has 1 N–H and O–H groups in total. The number of nitrogens with zero attached hydrogens (tertiary/aromatic N) is 2. The summed E-state index contributed by atoms with van der Waals surface area (Å²) in [5, 5.41) is 12.4. The molecular weight excluding hydrogens is 378 g/mol. The van der Waals surface area contributed by atoms with Crippen LogP contribution in [0.25, 0.3) is 6.08 Å². The number of hydrogen-bond acceptors (Lipinski definition) is 3. The molecule has 0 fully saturated rings. The number of aromatic nitrogens is 1. The zero-order valence-electron chi connectivity index (χ0n) is 14.1. The molecule has 25 heavy (non-hydrogen) atoms. The van der Waals surface area contributed by atoms with Gasteiger partial charge in [0.25, 0.3) is 5.91 Å². The first kappa shape index (κ1) is 18.9. The van der Waals surface area contributed by atoms with Gasteiger partial charge in [-0.15, -0.1) is 0 Å². The third-order valence-electron chi connectivity index (χ3n) is 3.75. The van der Waals surface area contributed by atoms with E-state index in [0.717, 1.165) is 24.8 Å². The second-order valence-electron chi connectivity index (χ2n) is 5.63. The number of nitrogens with one attached hydrogen (secondary N) is 1. The molecule has 0 aliphatic heterocycles. The topological polar surface area (TPSA) is 65.8 Å². The van der Waals surface area contributed by atoms with Gasteiger partial charge in [0.1, 0.15) is 16.2 Å². The van der Waals surface area contributed by atoms with Crippen molar-refractivity contribution in [3.63, 3.8) is 0 Å². The maximum absolute atomic E-state index is 12.6. The van der Waals surface area contributed by atoms with Gasteiger partial charge in [0.05, 0.1) is 11.7 Å². The maximum Gasteiger partial charge on any atom is 0.262 e. The Labute approximate surface area is 156 Å². The molecule has 0 spiro atoms. The normalized spacial score (nSPS) is 12.3. The van der Waals surface area contributed by atoms with Crippen LogP contribution in [0.1, 0.15) is 43.5 Å². The molecule has 1 amide bonds. The van der Waals surface area contributed by atoms with E-state index < -0.39 is 0 Å². The predicted octanol–water partition coefficient (Wildman–Crippen LogP) is 4.80. The third kappa shape index (κ3) is 5.84.